The smallest absolute Gasteiger partial charge is 0.410 e. The quantitative estimate of drug-likeness (QED) is 0.733. The lowest BCUT2D eigenvalue weighted by Crippen LogP contribution is -2.64. The van der Waals surface area contributed by atoms with Crippen molar-refractivity contribution in [1.29, 1.82) is 0 Å². The van der Waals surface area contributed by atoms with Gasteiger partial charge in [-0.2, -0.15) is 11.8 Å². The first kappa shape index (κ1) is 14.0. The van der Waals surface area contributed by atoms with E-state index in [1.165, 1.54) is 18.6 Å². The second-order valence-corrected chi connectivity index (χ2v) is 7.37. The Kier molecular flexibility index (Phi) is 4.11. The standard InChI is InChI=1S/C13H24N2O2S/c1-12(2,3)17-11(16)15-7-6-14-13(9-15)5-4-8-18-10-13/h14H,4-10H2,1-3H3. The number of ether oxygens (including phenoxy) is 1. The molecule has 1 atom stereocenters. The number of thioether (sulfide) groups is 1. The van der Waals surface area contributed by atoms with Crippen LogP contribution in [-0.2, 0) is 4.74 Å². The Bertz CT molecular complexity index is 303. The normalized spacial score (nSPS) is 29.4. The fourth-order valence-electron chi connectivity index (χ4n) is 2.56. The average Bonchev–Trinajstić information content (AvgIpc) is 2.28. The summed E-state index contributed by atoms with van der Waals surface area (Å²) in [6.07, 6.45) is 2.23. The molecule has 1 unspecified atom stereocenters. The van der Waals surface area contributed by atoms with Crippen LogP contribution in [0.5, 0.6) is 0 Å². The summed E-state index contributed by atoms with van der Waals surface area (Å²) in [6.45, 7) is 8.16. The van der Waals surface area contributed by atoms with Crippen molar-refractivity contribution in [2.24, 2.45) is 0 Å². The highest BCUT2D eigenvalue weighted by atomic mass is 32.2. The molecule has 2 heterocycles. The van der Waals surface area contributed by atoms with Crippen molar-refractivity contribution in [2.45, 2.75) is 44.8 Å². The van der Waals surface area contributed by atoms with Gasteiger partial charge in [0.25, 0.3) is 0 Å². The average molecular weight is 272 g/mol. The van der Waals surface area contributed by atoms with Gasteiger partial charge in [0.2, 0.25) is 0 Å². The largest absolute Gasteiger partial charge is 0.444 e. The SMILES string of the molecule is CC(C)(C)OC(=O)N1CCNC2(CCCSC2)C1. The lowest BCUT2D eigenvalue weighted by molar-refractivity contribution is 0.0131. The molecule has 0 saturated carbocycles. The molecule has 2 rings (SSSR count). The van der Waals surface area contributed by atoms with E-state index in [2.05, 4.69) is 5.32 Å². The topological polar surface area (TPSA) is 41.6 Å². The third kappa shape index (κ3) is 3.54. The first-order chi connectivity index (χ1) is 8.40. The molecule has 2 aliphatic rings. The molecule has 1 spiro atoms. The molecule has 2 saturated heterocycles. The van der Waals surface area contributed by atoms with Gasteiger partial charge in [-0.1, -0.05) is 0 Å². The van der Waals surface area contributed by atoms with Crippen LogP contribution in [0.1, 0.15) is 33.6 Å². The van der Waals surface area contributed by atoms with Gasteiger partial charge in [0.1, 0.15) is 5.60 Å². The number of rotatable bonds is 0. The predicted molar refractivity (Wildman–Crippen MR) is 75.1 cm³/mol. The Morgan fingerprint density at radius 3 is 2.83 bits per heavy atom. The van der Waals surface area contributed by atoms with Crippen LogP contribution < -0.4 is 5.32 Å². The van der Waals surface area contributed by atoms with Gasteiger partial charge in [0.15, 0.2) is 0 Å². The monoisotopic (exact) mass is 272 g/mol. The van der Waals surface area contributed by atoms with Crippen LogP contribution in [0, 0.1) is 0 Å². The fourth-order valence-corrected chi connectivity index (χ4v) is 3.78. The van der Waals surface area contributed by atoms with E-state index in [9.17, 15) is 4.79 Å². The Morgan fingerprint density at radius 1 is 1.44 bits per heavy atom. The zero-order chi connectivity index (χ0) is 13.2. The maximum Gasteiger partial charge on any atom is 0.410 e. The minimum Gasteiger partial charge on any atom is -0.444 e. The molecular formula is C13H24N2O2S. The van der Waals surface area contributed by atoms with E-state index >= 15 is 0 Å². The summed E-state index contributed by atoms with van der Waals surface area (Å²) in [5.74, 6) is 2.35. The van der Waals surface area contributed by atoms with Crippen molar-refractivity contribution in [3.63, 3.8) is 0 Å². The van der Waals surface area contributed by atoms with Crippen LogP contribution in [0.3, 0.4) is 0 Å². The number of amides is 1. The number of nitrogens with zero attached hydrogens (tertiary/aromatic N) is 1. The summed E-state index contributed by atoms with van der Waals surface area (Å²) in [5, 5.41) is 3.61. The molecule has 4 nitrogen and oxygen atoms in total. The minimum absolute atomic E-state index is 0.123. The second-order valence-electron chi connectivity index (χ2n) is 6.27. The number of hydrogen-bond acceptors (Lipinski definition) is 4. The molecule has 18 heavy (non-hydrogen) atoms. The fraction of sp³-hybridized carbons (Fsp3) is 0.923. The van der Waals surface area contributed by atoms with Gasteiger partial charge in [0.05, 0.1) is 0 Å². The van der Waals surface area contributed by atoms with Crippen LogP contribution in [0.4, 0.5) is 4.79 Å². The molecule has 0 aromatic carbocycles. The third-order valence-corrected chi connectivity index (χ3v) is 4.68. The molecule has 1 amide bonds. The highest BCUT2D eigenvalue weighted by Gasteiger charge is 2.39. The first-order valence-electron chi connectivity index (χ1n) is 6.71. The lowest BCUT2D eigenvalue weighted by Gasteiger charge is -2.45. The predicted octanol–water partition coefficient (Wildman–Crippen LogP) is 2.09. The van der Waals surface area contributed by atoms with Crippen molar-refractivity contribution in [3.8, 4) is 0 Å². The zero-order valence-electron chi connectivity index (χ0n) is 11.6. The molecular weight excluding hydrogens is 248 g/mol. The highest BCUT2D eigenvalue weighted by molar-refractivity contribution is 7.99. The summed E-state index contributed by atoms with van der Waals surface area (Å²) in [7, 11) is 0. The molecule has 2 aliphatic heterocycles. The Morgan fingerprint density at radius 2 is 2.22 bits per heavy atom. The number of nitrogens with one attached hydrogen (secondary N) is 1. The highest BCUT2D eigenvalue weighted by Crippen LogP contribution is 2.29. The first-order valence-corrected chi connectivity index (χ1v) is 7.86. The summed E-state index contributed by atoms with van der Waals surface area (Å²) in [5.41, 5.74) is -0.283. The Hall–Kier alpha value is -0.420. The van der Waals surface area contributed by atoms with Crippen LogP contribution in [-0.4, -0.2) is 53.3 Å². The Labute approximate surface area is 114 Å². The Balaban J connectivity index is 1.95. The van der Waals surface area contributed by atoms with Crippen molar-refractivity contribution in [1.82, 2.24) is 10.2 Å². The second kappa shape index (κ2) is 5.29. The molecule has 1 N–H and O–H groups in total. The van der Waals surface area contributed by atoms with E-state index in [4.69, 9.17) is 4.74 Å². The summed E-state index contributed by atoms with van der Waals surface area (Å²) in [6, 6.07) is 0. The molecule has 5 heteroatoms. The van der Waals surface area contributed by atoms with Gasteiger partial charge in [-0.15, -0.1) is 0 Å². The van der Waals surface area contributed by atoms with Crippen LogP contribution in [0.2, 0.25) is 0 Å². The van der Waals surface area contributed by atoms with Gasteiger partial charge >= 0.3 is 6.09 Å². The number of piperazine rings is 1. The van der Waals surface area contributed by atoms with Gasteiger partial charge in [-0.3, -0.25) is 0 Å². The van der Waals surface area contributed by atoms with Gasteiger partial charge < -0.3 is 15.0 Å². The van der Waals surface area contributed by atoms with E-state index in [1.54, 1.807) is 0 Å². The number of carbonyl (C=O) groups excluding carboxylic acids is 1. The number of carbonyl (C=O) groups is 1. The van der Waals surface area contributed by atoms with Crippen molar-refractivity contribution in [2.75, 3.05) is 31.1 Å². The molecule has 0 bridgehead atoms. The molecule has 0 aliphatic carbocycles. The van der Waals surface area contributed by atoms with Crippen LogP contribution in [0.15, 0.2) is 0 Å². The summed E-state index contributed by atoms with van der Waals surface area (Å²) >= 11 is 1.99. The van der Waals surface area contributed by atoms with Crippen LogP contribution in [0.25, 0.3) is 0 Å². The molecule has 0 aromatic rings. The van der Waals surface area contributed by atoms with Crippen molar-refractivity contribution < 1.29 is 9.53 Å². The van der Waals surface area contributed by atoms with E-state index in [-0.39, 0.29) is 11.6 Å². The van der Waals surface area contributed by atoms with Crippen molar-refractivity contribution >= 4 is 17.9 Å². The lowest BCUT2D eigenvalue weighted by atomic mass is 9.93. The molecule has 0 radical (unpaired) electrons. The zero-order valence-corrected chi connectivity index (χ0v) is 12.4. The summed E-state index contributed by atoms with van der Waals surface area (Å²) in [4.78, 5) is 14.0. The van der Waals surface area contributed by atoms with Crippen LogP contribution >= 0.6 is 11.8 Å². The van der Waals surface area contributed by atoms with Crippen molar-refractivity contribution in [3.05, 3.63) is 0 Å². The van der Waals surface area contributed by atoms with E-state index < -0.39 is 5.60 Å². The maximum atomic E-state index is 12.1. The van der Waals surface area contributed by atoms with Gasteiger partial charge in [0, 0.05) is 30.9 Å². The number of hydrogen-bond donors (Lipinski definition) is 1. The van der Waals surface area contributed by atoms with E-state index in [0.717, 1.165) is 25.4 Å². The van der Waals surface area contributed by atoms with Gasteiger partial charge in [-0.05, 0) is 39.4 Å². The minimum atomic E-state index is -0.406. The molecule has 2 fully saturated rings. The van der Waals surface area contributed by atoms with E-state index in [0.29, 0.717) is 0 Å². The van der Waals surface area contributed by atoms with Gasteiger partial charge in [-0.25, -0.2) is 4.79 Å². The van der Waals surface area contributed by atoms with E-state index in [1.807, 2.05) is 37.4 Å². The molecule has 104 valence electrons. The third-order valence-electron chi connectivity index (χ3n) is 3.35. The molecule has 0 aromatic heterocycles. The maximum absolute atomic E-state index is 12.1. The summed E-state index contributed by atoms with van der Waals surface area (Å²) < 4.78 is 5.46.